The van der Waals surface area contributed by atoms with Crippen LogP contribution in [0.25, 0.3) is 0 Å². The number of hydrogen-bond donors (Lipinski definition) is 4. The molecule has 1 aromatic carbocycles. The molecule has 0 saturated carbocycles. The molecule has 10 heteroatoms. The number of carbonyl (C=O) groups excluding carboxylic acids is 3. The monoisotopic (exact) mass is 495 g/mol. The van der Waals surface area contributed by atoms with Crippen LogP contribution >= 0.6 is 0 Å². The Labute approximate surface area is 208 Å². The smallest absolute Gasteiger partial charge is 0.407 e. The lowest BCUT2D eigenvalue weighted by Gasteiger charge is -2.28. The average Bonchev–Trinajstić information content (AvgIpc) is 2.80. The van der Waals surface area contributed by atoms with Gasteiger partial charge in [-0.25, -0.2) is 4.79 Å². The highest BCUT2D eigenvalue weighted by Gasteiger charge is 2.31. The Kier molecular flexibility index (Phi) is 14.4. The van der Waals surface area contributed by atoms with Gasteiger partial charge in [-0.3, -0.25) is 9.59 Å². The third-order valence-corrected chi connectivity index (χ3v) is 4.95. The van der Waals surface area contributed by atoms with Gasteiger partial charge in [0.1, 0.15) is 25.0 Å². The number of ether oxygens (including phenoxy) is 3. The van der Waals surface area contributed by atoms with Crippen LogP contribution in [0.5, 0.6) is 5.75 Å². The summed E-state index contributed by atoms with van der Waals surface area (Å²) in [5, 5.41) is 18.6. The molecule has 4 N–H and O–H groups in total. The Morgan fingerprint density at radius 2 is 1.54 bits per heavy atom. The Balaban J connectivity index is 2.70. The van der Waals surface area contributed by atoms with Crippen LogP contribution in [0.1, 0.15) is 40.5 Å². The first-order valence-electron chi connectivity index (χ1n) is 12.0. The Morgan fingerprint density at radius 1 is 0.886 bits per heavy atom. The summed E-state index contributed by atoms with van der Waals surface area (Å²) in [6, 6.07) is 7.46. The molecule has 0 aliphatic carbocycles. The molecule has 0 aromatic heterocycles. The second kappa shape index (κ2) is 16.7. The zero-order chi connectivity index (χ0) is 26.2. The van der Waals surface area contributed by atoms with E-state index < -0.39 is 36.1 Å². The van der Waals surface area contributed by atoms with Crippen LogP contribution < -0.4 is 20.7 Å². The van der Waals surface area contributed by atoms with Gasteiger partial charge in [0.05, 0.1) is 19.2 Å². The van der Waals surface area contributed by atoms with Crippen molar-refractivity contribution in [3.8, 4) is 5.75 Å². The minimum absolute atomic E-state index is 0.0567. The minimum atomic E-state index is -1.47. The lowest BCUT2D eigenvalue weighted by Crippen LogP contribution is -2.56. The maximum absolute atomic E-state index is 13.0. The van der Waals surface area contributed by atoms with Gasteiger partial charge in [-0.1, -0.05) is 45.9 Å². The topological polar surface area (TPSA) is 135 Å². The summed E-state index contributed by atoms with van der Waals surface area (Å²) in [5.41, 5.74) is 0. The van der Waals surface area contributed by atoms with Crippen LogP contribution in [0.3, 0.4) is 0 Å². The Morgan fingerprint density at radius 3 is 2.14 bits per heavy atom. The first-order chi connectivity index (χ1) is 16.6. The zero-order valence-electron chi connectivity index (χ0n) is 21.4. The van der Waals surface area contributed by atoms with Gasteiger partial charge in [0.2, 0.25) is 5.91 Å². The molecule has 1 unspecified atom stereocenters. The fourth-order valence-electron chi connectivity index (χ4n) is 3.31. The highest BCUT2D eigenvalue weighted by Crippen LogP contribution is 2.12. The van der Waals surface area contributed by atoms with E-state index >= 15 is 0 Å². The molecule has 1 aromatic rings. The Hall–Kier alpha value is -2.85. The maximum Gasteiger partial charge on any atom is 0.407 e. The summed E-state index contributed by atoms with van der Waals surface area (Å²) < 4.78 is 15.4. The van der Waals surface area contributed by atoms with Crippen molar-refractivity contribution in [2.45, 2.75) is 58.7 Å². The number of para-hydroxylation sites is 1. The van der Waals surface area contributed by atoms with E-state index in [1.807, 2.05) is 45.9 Å². The number of methoxy groups -OCH3 is 1. The van der Waals surface area contributed by atoms with Crippen LogP contribution in [-0.2, 0) is 19.1 Å². The fraction of sp³-hybridized carbons (Fsp3) is 0.640. The number of benzene rings is 1. The fourth-order valence-corrected chi connectivity index (χ4v) is 3.31. The molecule has 0 aliphatic rings. The number of aliphatic hydroxyl groups is 1. The van der Waals surface area contributed by atoms with Gasteiger partial charge < -0.3 is 35.3 Å². The zero-order valence-corrected chi connectivity index (χ0v) is 21.4. The molecular formula is C25H41N3O7. The second-order valence-corrected chi connectivity index (χ2v) is 9.10. The van der Waals surface area contributed by atoms with Crippen LogP contribution in [0.4, 0.5) is 4.79 Å². The van der Waals surface area contributed by atoms with Crippen molar-refractivity contribution in [3.63, 3.8) is 0 Å². The number of amides is 3. The molecule has 0 aliphatic heterocycles. The average molecular weight is 496 g/mol. The quantitative estimate of drug-likeness (QED) is 0.257. The number of hydrogen-bond acceptors (Lipinski definition) is 7. The van der Waals surface area contributed by atoms with Crippen molar-refractivity contribution >= 4 is 17.9 Å². The van der Waals surface area contributed by atoms with Crippen LogP contribution in [0.2, 0.25) is 0 Å². The molecule has 0 bridgehead atoms. The molecule has 1 rings (SSSR count). The number of carbonyl (C=O) groups is 3. The first kappa shape index (κ1) is 30.2. The van der Waals surface area contributed by atoms with E-state index in [1.54, 1.807) is 12.1 Å². The summed E-state index contributed by atoms with van der Waals surface area (Å²) in [7, 11) is 1.49. The maximum atomic E-state index is 13.0. The van der Waals surface area contributed by atoms with Gasteiger partial charge in [-0.15, -0.1) is 0 Å². The van der Waals surface area contributed by atoms with Crippen molar-refractivity contribution in [3.05, 3.63) is 30.3 Å². The molecule has 35 heavy (non-hydrogen) atoms. The van der Waals surface area contributed by atoms with Gasteiger partial charge in [0, 0.05) is 7.11 Å². The van der Waals surface area contributed by atoms with Gasteiger partial charge in [-0.2, -0.15) is 0 Å². The summed E-state index contributed by atoms with van der Waals surface area (Å²) in [4.78, 5) is 37.6. The molecule has 198 valence electrons. The molecule has 0 spiro atoms. The van der Waals surface area contributed by atoms with Crippen molar-refractivity contribution in [2.24, 2.45) is 11.8 Å². The molecular weight excluding hydrogens is 454 g/mol. The molecule has 0 fully saturated rings. The summed E-state index contributed by atoms with van der Waals surface area (Å²) in [5.74, 6) is -0.227. The van der Waals surface area contributed by atoms with Crippen molar-refractivity contribution < 1.29 is 33.7 Å². The molecule has 0 saturated heterocycles. The van der Waals surface area contributed by atoms with E-state index in [1.165, 1.54) is 7.11 Å². The van der Waals surface area contributed by atoms with Crippen LogP contribution in [0, 0.1) is 11.8 Å². The SMILES string of the molecule is COCCOC(=O)N[C@@H](CC(C)C)C(=O)N[C@@H](CC(C)C)C(O)C(=O)NCCOc1ccccc1. The molecule has 10 nitrogen and oxygen atoms in total. The number of alkyl carbamates (subject to hydrolysis) is 1. The molecule has 0 radical (unpaired) electrons. The standard InChI is InChI=1S/C25H41N3O7/c1-17(2)15-20(22(29)24(31)26-11-12-34-19-9-7-6-8-10-19)27-23(30)21(16-18(3)4)28-25(32)35-14-13-33-5/h6-10,17-18,20-22,29H,11-16H2,1-5H3,(H,26,31)(H,27,30)(H,28,32)/t20-,21-,22?/m0/s1. The number of rotatable bonds is 16. The number of nitrogens with one attached hydrogen (secondary N) is 3. The highest BCUT2D eigenvalue weighted by molar-refractivity contribution is 5.87. The predicted molar refractivity (Wildman–Crippen MR) is 132 cm³/mol. The predicted octanol–water partition coefficient (Wildman–Crippen LogP) is 1.86. The van der Waals surface area contributed by atoms with E-state index in [0.717, 1.165) is 0 Å². The lowest BCUT2D eigenvalue weighted by molar-refractivity contribution is -0.133. The van der Waals surface area contributed by atoms with E-state index in [-0.39, 0.29) is 38.2 Å². The minimum Gasteiger partial charge on any atom is -0.492 e. The van der Waals surface area contributed by atoms with Crippen molar-refractivity contribution in [1.29, 1.82) is 0 Å². The van der Waals surface area contributed by atoms with E-state index in [2.05, 4.69) is 16.0 Å². The second-order valence-electron chi connectivity index (χ2n) is 9.10. The van der Waals surface area contributed by atoms with Crippen LogP contribution in [-0.4, -0.2) is 74.7 Å². The van der Waals surface area contributed by atoms with E-state index in [9.17, 15) is 19.5 Å². The molecule has 3 atom stereocenters. The highest BCUT2D eigenvalue weighted by atomic mass is 16.6. The first-order valence-corrected chi connectivity index (χ1v) is 12.0. The third-order valence-electron chi connectivity index (χ3n) is 4.95. The van der Waals surface area contributed by atoms with Crippen molar-refractivity contribution in [1.82, 2.24) is 16.0 Å². The molecule has 0 heterocycles. The van der Waals surface area contributed by atoms with Gasteiger partial charge in [0.15, 0.2) is 6.10 Å². The largest absolute Gasteiger partial charge is 0.492 e. The van der Waals surface area contributed by atoms with E-state index in [4.69, 9.17) is 14.2 Å². The van der Waals surface area contributed by atoms with Gasteiger partial charge >= 0.3 is 6.09 Å². The summed E-state index contributed by atoms with van der Waals surface area (Å²) in [6.45, 7) is 8.41. The summed E-state index contributed by atoms with van der Waals surface area (Å²) >= 11 is 0. The van der Waals surface area contributed by atoms with Gasteiger partial charge in [0.25, 0.3) is 5.91 Å². The Bertz CT molecular complexity index is 759. The normalized spacial score (nSPS) is 13.6. The summed E-state index contributed by atoms with van der Waals surface area (Å²) in [6.07, 6.45) is -1.47. The number of aliphatic hydroxyl groups excluding tert-OH is 1. The van der Waals surface area contributed by atoms with Crippen molar-refractivity contribution in [2.75, 3.05) is 33.5 Å². The molecule has 3 amide bonds. The van der Waals surface area contributed by atoms with E-state index in [0.29, 0.717) is 18.6 Å². The third kappa shape index (κ3) is 13.0. The van der Waals surface area contributed by atoms with Crippen LogP contribution in [0.15, 0.2) is 30.3 Å². The van der Waals surface area contributed by atoms with Gasteiger partial charge in [-0.05, 0) is 36.8 Å². The lowest BCUT2D eigenvalue weighted by atomic mass is 9.97.